The zero-order valence-electron chi connectivity index (χ0n) is 10.5. The fraction of sp³-hybridized carbons (Fsp3) is 0.0714. The molecule has 0 unspecified atom stereocenters. The minimum absolute atomic E-state index is 0.0582. The van der Waals surface area contributed by atoms with Crippen molar-refractivity contribution in [3.05, 3.63) is 47.8 Å². The van der Waals surface area contributed by atoms with Gasteiger partial charge in [-0.3, -0.25) is 0 Å². The van der Waals surface area contributed by atoms with Crippen molar-refractivity contribution in [2.24, 2.45) is 0 Å². The van der Waals surface area contributed by atoms with Crippen molar-refractivity contribution < 1.29 is 19.4 Å². The van der Waals surface area contributed by atoms with Gasteiger partial charge in [-0.25, -0.2) is 9.78 Å². The van der Waals surface area contributed by atoms with Crippen LogP contribution in [0, 0.1) is 11.3 Å². The summed E-state index contributed by atoms with van der Waals surface area (Å²) in [5.41, 5.74) is 0.0248. The van der Waals surface area contributed by atoms with Gasteiger partial charge in [-0.2, -0.15) is 5.26 Å². The molecule has 1 aromatic heterocycles. The minimum atomic E-state index is -1.15. The Kier molecular flexibility index (Phi) is 3.82. The molecule has 0 aliphatic carbocycles. The predicted octanol–water partition coefficient (Wildman–Crippen LogP) is 2.45. The number of methoxy groups -OCH3 is 1. The van der Waals surface area contributed by atoms with Crippen LogP contribution >= 0.6 is 0 Å². The molecule has 2 aromatic rings. The highest BCUT2D eigenvalue weighted by Gasteiger charge is 2.15. The lowest BCUT2D eigenvalue weighted by atomic mass is 10.2. The first-order valence-electron chi connectivity index (χ1n) is 5.60. The lowest BCUT2D eigenvalue weighted by Gasteiger charge is -2.10. The van der Waals surface area contributed by atoms with Crippen LogP contribution in [-0.4, -0.2) is 23.2 Å². The van der Waals surface area contributed by atoms with E-state index in [0.29, 0.717) is 5.75 Å². The highest BCUT2D eigenvalue weighted by molar-refractivity contribution is 5.91. The van der Waals surface area contributed by atoms with Crippen LogP contribution in [0.15, 0.2) is 36.5 Å². The number of carboxylic acids is 1. The normalized spacial score (nSPS) is 9.60. The van der Waals surface area contributed by atoms with Crippen LogP contribution in [0.1, 0.15) is 16.1 Å². The van der Waals surface area contributed by atoms with Crippen LogP contribution in [-0.2, 0) is 0 Å². The largest absolute Gasteiger partial charge is 0.497 e. The molecule has 0 saturated carbocycles. The maximum atomic E-state index is 11.2. The maximum absolute atomic E-state index is 11.2. The second kappa shape index (κ2) is 5.71. The second-order valence-corrected chi connectivity index (χ2v) is 3.73. The smallest absolute Gasteiger partial charge is 0.339 e. The van der Waals surface area contributed by atoms with Crippen LogP contribution in [0.3, 0.4) is 0 Å². The van der Waals surface area contributed by atoms with E-state index < -0.39 is 5.97 Å². The van der Waals surface area contributed by atoms with E-state index in [1.165, 1.54) is 25.4 Å². The van der Waals surface area contributed by atoms with E-state index in [-0.39, 0.29) is 22.8 Å². The average molecular weight is 270 g/mol. The maximum Gasteiger partial charge on any atom is 0.339 e. The highest BCUT2D eigenvalue weighted by atomic mass is 16.5. The van der Waals surface area contributed by atoms with Crippen LogP contribution in [0.2, 0.25) is 0 Å². The first kappa shape index (κ1) is 13.4. The molecule has 6 heteroatoms. The van der Waals surface area contributed by atoms with Gasteiger partial charge in [-0.05, 0) is 30.3 Å². The number of hydrogen-bond acceptors (Lipinski definition) is 5. The third-order valence-corrected chi connectivity index (χ3v) is 2.51. The van der Waals surface area contributed by atoms with Crippen LogP contribution < -0.4 is 9.47 Å². The van der Waals surface area contributed by atoms with E-state index in [0.717, 1.165) is 0 Å². The molecule has 0 amide bonds. The summed E-state index contributed by atoms with van der Waals surface area (Å²) in [5.74, 6) is -0.437. The Balaban J connectivity index is 2.43. The van der Waals surface area contributed by atoms with Crippen LogP contribution in [0.25, 0.3) is 0 Å². The van der Waals surface area contributed by atoms with Crippen molar-refractivity contribution in [1.82, 2.24) is 4.98 Å². The molecule has 0 aliphatic rings. The van der Waals surface area contributed by atoms with Crippen LogP contribution in [0.5, 0.6) is 17.2 Å². The summed E-state index contributed by atoms with van der Waals surface area (Å²) in [5, 5.41) is 18.1. The number of ether oxygens (including phenoxy) is 2. The molecular weight excluding hydrogens is 260 g/mol. The fourth-order valence-electron chi connectivity index (χ4n) is 1.57. The number of benzene rings is 1. The van der Waals surface area contributed by atoms with Gasteiger partial charge in [0.05, 0.1) is 7.11 Å². The monoisotopic (exact) mass is 270 g/mol. The average Bonchev–Trinajstić information content (AvgIpc) is 2.48. The molecule has 2 rings (SSSR count). The fourth-order valence-corrected chi connectivity index (χ4v) is 1.57. The van der Waals surface area contributed by atoms with E-state index in [9.17, 15) is 9.90 Å². The molecule has 0 bridgehead atoms. The Labute approximate surface area is 114 Å². The molecule has 1 aromatic carbocycles. The molecular formula is C14H10N2O4. The van der Waals surface area contributed by atoms with Crippen molar-refractivity contribution in [3.63, 3.8) is 0 Å². The number of aromatic nitrogens is 1. The first-order valence-corrected chi connectivity index (χ1v) is 5.60. The number of nitriles is 1. The summed E-state index contributed by atoms with van der Waals surface area (Å²) >= 11 is 0. The number of pyridine rings is 1. The Morgan fingerprint density at radius 2 is 2.15 bits per heavy atom. The zero-order valence-corrected chi connectivity index (χ0v) is 10.5. The quantitative estimate of drug-likeness (QED) is 0.917. The van der Waals surface area contributed by atoms with Gasteiger partial charge in [0.1, 0.15) is 23.1 Å². The second-order valence-electron chi connectivity index (χ2n) is 3.73. The Hall–Kier alpha value is -3.07. The molecule has 0 fully saturated rings. The van der Waals surface area contributed by atoms with Gasteiger partial charge in [-0.1, -0.05) is 0 Å². The molecule has 0 aliphatic heterocycles. The summed E-state index contributed by atoms with van der Waals surface area (Å²) in [7, 11) is 1.44. The summed E-state index contributed by atoms with van der Waals surface area (Å²) < 4.78 is 10.4. The van der Waals surface area contributed by atoms with Gasteiger partial charge < -0.3 is 14.6 Å². The van der Waals surface area contributed by atoms with E-state index in [2.05, 4.69) is 4.98 Å². The van der Waals surface area contributed by atoms with Crippen molar-refractivity contribution in [3.8, 4) is 23.3 Å². The van der Waals surface area contributed by atoms with Gasteiger partial charge in [0, 0.05) is 6.20 Å². The predicted molar refractivity (Wildman–Crippen MR) is 69.0 cm³/mol. The van der Waals surface area contributed by atoms with Crippen molar-refractivity contribution in [1.29, 1.82) is 5.26 Å². The number of aromatic carboxylic acids is 1. The molecule has 0 atom stereocenters. The summed E-state index contributed by atoms with van der Waals surface area (Å²) in [4.78, 5) is 15.1. The molecule has 1 heterocycles. The molecule has 1 N–H and O–H groups in total. The van der Waals surface area contributed by atoms with Crippen LogP contribution in [0.4, 0.5) is 0 Å². The summed E-state index contributed by atoms with van der Waals surface area (Å²) in [6.07, 6.45) is 1.46. The van der Waals surface area contributed by atoms with Crippen molar-refractivity contribution in [2.75, 3.05) is 7.11 Å². The van der Waals surface area contributed by atoms with Gasteiger partial charge in [0.25, 0.3) is 0 Å². The molecule has 0 spiro atoms. The molecule has 0 radical (unpaired) electrons. The van der Waals surface area contributed by atoms with E-state index >= 15 is 0 Å². The molecule has 20 heavy (non-hydrogen) atoms. The standard InChI is InChI=1S/C14H10N2O4/c1-19-9-4-5-12(10(7-9)14(17)18)20-13-3-2-6-16-11(13)8-15/h2-7H,1H3,(H,17,18). The Morgan fingerprint density at radius 3 is 2.80 bits per heavy atom. The Bertz CT molecular complexity index is 692. The van der Waals surface area contributed by atoms with E-state index in [1.54, 1.807) is 18.2 Å². The van der Waals surface area contributed by atoms with Gasteiger partial charge in [-0.15, -0.1) is 0 Å². The number of rotatable bonds is 4. The first-order chi connectivity index (χ1) is 9.65. The van der Waals surface area contributed by atoms with Gasteiger partial charge >= 0.3 is 5.97 Å². The van der Waals surface area contributed by atoms with Gasteiger partial charge in [0.15, 0.2) is 11.4 Å². The van der Waals surface area contributed by atoms with Gasteiger partial charge in [0.2, 0.25) is 0 Å². The number of carboxylic acid groups (broad SMARTS) is 1. The molecule has 6 nitrogen and oxygen atoms in total. The summed E-state index contributed by atoms with van der Waals surface area (Å²) in [6, 6.07) is 9.41. The SMILES string of the molecule is COc1ccc(Oc2cccnc2C#N)c(C(=O)O)c1. The summed E-state index contributed by atoms with van der Waals surface area (Å²) in [6.45, 7) is 0. The number of carbonyl (C=O) groups is 1. The zero-order chi connectivity index (χ0) is 14.5. The number of nitrogens with zero attached hydrogens (tertiary/aromatic N) is 2. The lowest BCUT2D eigenvalue weighted by molar-refractivity contribution is 0.0693. The third-order valence-electron chi connectivity index (χ3n) is 2.51. The third kappa shape index (κ3) is 2.67. The highest BCUT2D eigenvalue weighted by Crippen LogP contribution is 2.29. The topological polar surface area (TPSA) is 92.4 Å². The molecule has 0 saturated heterocycles. The van der Waals surface area contributed by atoms with Crippen molar-refractivity contribution in [2.45, 2.75) is 0 Å². The number of hydrogen-bond donors (Lipinski definition) is 1. The minimum Gasteiger partial charge on any atom is -0.497 e. The molecule has 100 valence electrons. The van der Waals surface area contributed by atoms with E-state index in [1.807, 2.05) is 6.07 Å². The lowest BCUT2D eigenvalue weighted by Crippen LogP contribution is -2.01. The van der Waals surface area contributed by atoms with Crippen molar-refractivity contribution >= 4 is 5.97 Å². The van der Waals surface area contributed by atoms with E-state index in [4.69, 9.17) is 14.7 Å². The Morgan fingerprint density at radius 1 is 1.35 bits per heavy atom.